The summed E-state index contributed by atoms with van der Waals surface area (Å²) in [5, 5.41) is 0. The molecule has 1 aromatic rings. The van der Waals surface area contributed by atoms with Crippen molar-refractivity contribution < 1.29 is 4.79 Å². The number of hydrogen-bond acceptors (Lipinski definition) is 2. The van der Waals surface area contributed by atoms with Gasteiger partial charge >= 0.3 is 0 Å². The summed E-state index contributed by atoms with van der Waals surface area (Å²) >= 11 is 0. The second-order valence-electron chi connectivity index (χ2n) is 7.25. The smallest absolute Gasteiger partial charge is 0.236 e. The lowest BCUT2D eigenvalue weighted by Crippen LogP contribution is -2.42. The lowest BCUT2D eigenvalue weighted by atomic mass is 9.85. The van der Waals surface area contributed by atoms with E-state index < -0.39 is 0 Å². The number of likely N-dealkylation sites (tertiary alicyclic amines) is 1. The van der Waals surface area contributed by atoms with Gasteiger partial charge in [-0.2, -0.15) is 0 Å². The van der Waals surface area contributed by atoms with Crippen LogP contribution >= 0.6 is 0 Å². The summed E-state index contributed by atoms with van der Waals surface area (Å²) in [5.41, 5.74) is 1.32. The normalized spacial score (nSPS) is 19.4. The lowest BCUT2D eigenvalue weighted by molar-refractivity contribution is -0.132. The van der Waals surface area contributed by atoms with Crippen LogP contribution in [0.2, 0.25) is 0 Å². The highest BCUT2D eigenvalue weighted by molar-refractivity contribution is 5.78. The zero-order chi connectivity index (χ0) is 15.9. The molecule has 2 fully saturated rings. The van der Waals surface area contributed by atoms with Crippen LogP contribution in [0.15, 0.2) is 30.3 Å². The molecule has 0 aromatic heterocycles. The molecule has 1 aliphatic heterocycles. The Morgan fingerprint density at radius 2 is 1.70 bits per heavy atom. The fraction of sp³-hybridized carbons (Fsp3) is 0.650. The number of benzene rings is 1. The maximum absolute atomic E-state index is 12.7. The standard InChI is InChI=1S/C20H30N2O/c23-20(22-13-6-1-2-7-14-22)17-21(16-19-11-8-12-19)15-18-9-4-3-5-10-18/h3-5,9-10,19H,1-2,6-8,11-17H2. The van der Waals surface area contributed by atoms with Crippen LogP contribution in [-0.2, 0) is 11.3 Å². The maximum atomic E-state index is 12.7. The summed E-state index contributed by atoms with van der Waals surface area (Å²) in [6.45, 7) is 4.49. The molecule has 1 aromatic carbocycles. The molecule has 3 nitrogen and oxygen atoms in total. The molecule has 1 heterocycles. The molecule has 1 saturated heterocycles. The highest BCUT2D eigenvalue weighted by Gasteiger charge is 2.24. The van der Waals surface area contributed by atoms with E-state index in [1.165, 1.54) is 50.5 Å². The van der Waals surface area contributed by atoms with Crippen LogP contribution in [0, 0.1) is 5.92 Å². The second-order valence-corrected chi connectivity index (χ2v) is 7.25. The number of nitrogens with zero attached hydrogens (tertiary/aromatic N) is 2. The summed E-state index contributed by atoms with van der Waals surface area (Å²) in [6.07, 6.45) is 8.94. The van der Waals surface area contributed by atoms with Crippen LogP contribution in [-0.4, -0.2) is 41.9 Å². The molecule has 23 heavy (non-hydrogen) atoms. The third-order valence-electron chi connectivity index (χ3n) is 5.31. The molecule has 2 aliphatic rings. The van der Waals surface area contributed by atoms with Gasteiger partial charge in [-0.05, 0) is 37.2 Å². The number of carbonyl (C=O) groups excluding carboxylic acids is 1. The van der Waals surface area contributed by atoms with Crippen LogP contribution in [0.1, 0.15) is 50.5 Å². The van der Waals surface area contributed by atoms with Gasteiger partial charge in [0.1, 0.15) is 0 Å². The van der Waals surface area contributed by atoms with E-state index in [9.17, 15) is 4.79 Å². The molecule has 0 radical (unpaired) electrons. The predicted molar refractivity (Wildman–Crippen MR) is 94.1 cm³/mol. The van der Waals surface area contributed by atoms with Crippen molar-refractivity contribution in [1.29, 1.82) is 0 Å². The van der Waals surface area contributed by atoms with Gasteiger partial charge in [-0.1, -0.05) is 49.6 Å². The van der Waals surface area contributed by atoms with Crippen LogP contribution in [0.3, 0.4) is 0 Å². The van der Waals surface area contributed by atoms with Crippen LogP contribution in [0.5, 0.6) is 0 Å². The number of carbonyl (C=O) groups is 1. The van der Waals surface area contributed by atoms with Crippen molar-refractivity contribution in [3.63, 3.8) is 0 Å². The average molecular weight is 314 g/mol. The SMILES string of the molecule is O=C(CN(Cc1ccccc1)CC1CCC1)N1CCCCCC1. The maximum Gasteiger partial charge on any atom is 0.236 e. The zero-order valence-corrected chi connectivity index (χ0v) is 14.3. The van der Waals surface area contributed by atoms with E-state index in [0.717, 1.165) is 32.1 Å². The Bertz CT molecular complexity index is 476. The van der Waals surface area contributed by atoms with Crippen molar-refractivity contribution in [1.82, 2.24) is 9.80 Å². The average Bonchev–Trinajstić information content (AvgIpc) is 2.81. The van der Waals surface area contributed by atoms with Crippen molar-refractivity contribution in [3.05, 3.63) is 35.9 Å². The van der Waals surface area contributed by atoms with Gasteiger partial charge in [-0.15, -0.1) is 0 Å². The summed E-state index contributed by atoms with van der Waals surface area (Å²) in [6, 6.07) is 10.6. The molecule has 0 N–H and O–H groups in total. The molecule has 0 unspecified atom stereocenters. The van der Waals surface area contributed by atoms with E-state index in [1.807, 2.05) is 0 Å². The van der Waals surface area contributed by atoms with Crippen molar-refractivity contribution in [2.24, 2.45) is 5.92 Å². The Hall–Kier alpha value is -1.35. The Kier molecular flexibility index (Phi) is 6.09. The number of hydrogen-bond donors (Lipinski definition) is 0. The first-order valence-corrected chi connectivity index (χ1v) is 9.35. The molecular weight excluding hydrogens is 284 g/mol. The molecule has 0 spiro atoms. The fourth-order valence-electron chi connectivity index (χ4n) is 3.68. The summed E-state index contributed by atoms with van der Waals surface area (Å²) in [7, 11) is 0. The van der Waals surface area contributed by atoms with Crippen LogP contribution in [0.25, 0.3) is 0 Å². The number of rotatable bonds is 6. The third-order valence-corrected chi connectivity index (χ3v) is 5.31. The van der Waals surface area contributed by atoms with Gasteiger partial charge in [0.15, 0.2) is 0 Å². The molecule has 0 atom stereocenters. The highest BCUT2D eigenvalue weighted by atomic mass is 16.2. The van der Waals surface area contributed by atoms with E-state index in [-0.39, 0.29) is 0 Å². The summed E-state index contributed by atoms with van der Waals surface area (Å²) in [4.78, 5) is 17.2. The van der Waals surface area contributed by atoms with E-state index in [1.54, 1.807) is 0 Å². The second kappa shape index (κ2) is 8.49. The van der Waals surface area contributed by atoms with Gasteiger partial charge in [0.25, 0.3) is 0 Å². The van der Waals surface area contributed by atoms with E-state index >= 15 is 0 Å². The van der Waals surface area contributed by atoms with Gasteiger partial charge in [0.05, 0.1) is 6.54 Å². The molecule has 3 heteroatoms. The molecule has 1 saturated carbocycles. The monoisotopic (exact) mass is 314 g/mol. The van der Waals surface area contributed by atoms with Crippen molar-refractivity contribution in [2.45, 2.75) is 51.5 Å². The van der Waals surface area contributed by atoms with Gasteiger partial charge in [-0.3, -0.25) is 9.69 Å². The minimum Gasteiger partial charge on any atom is -0.342 e. The van der Waals surface area contributed by atoms with Gasteiger partial charge in [0.2, 0.25) is 5.91 Å². The molecule has 1 aliphatic carbocycles. The fourth-order valence-corrected chi connectivity index (χ4v) is 3.68. The first-order chi connectivity index (χ1) is 11.3. The first kappa shape index (κ1) is 16.5. The van der Waals surface area contributed by atoms with Crippen LogP contribution in [0.4, 0.5) is 0 Å². The molecule has 1 amide bonds. The zero-order valence-electron chi connectivity index (χ0n) is 14.3. The predicted octanol–water partition coefficient (Wildman–Crippen LogP) is 3.69. The van der Waals surface area contributed by atoms with E-state index in [0.29, 0.717) is 12.5 Å². The largest absolute Gasteiger partial charge is 0.342 e. The van der Waals surface area contributed by atoms with Crippen molar-refractivity contribution >= 4 is 5.91 Å². The molecule has 0 bridgehead atoms. The molecule has 126 valence electrons. The van der Waals surface area contributed by atoms with Crippen molar-refractivity contribution in [3.8, 4) is 0 Å². The number of amides is 1. The van der Waals surface area contributed by atoms with E-state index in [2.05, 4.69) is 40.1 Å². The van der Waals surface area contributed by atoms with E-state index in [4.69, 9.17) is 0 Å². The first-order valence-electron chi connectivity index (χ1n) is 9.35. The summed E-state index contributed by atoms with van der Waals surface area (Å²) in [5.74, 6) is 1.14. The Morgan fingerprint density at radius 1 is 1.00 bits per heavy atom. The Balaban J connectivity index is 1.58. The topological polar surface area (TPSA) is 23.6 Å². The van der Waals surface area contributed by atoms with Gasteiger partial charge < -0.3 is 4.90 Å². The highest BCUT2D eigenvalue weighted by Crippen LogP contribution is 2.27. The Labute approximate surface area is 140 Å². The third kappa shape index (κ3) is 5.07. The minimum atomic E-state index is 0.335. The van der Waals surface area contributed by atoms with Gasteiger partial charge in [-0.25, -0.2) is 0 Å². The van der Waals surface area contributed by atoms with Crippen molar-refractivity contribution in [2.75, 3.05) is 26.2 Å². The summed E-state index contributed by atoms with van der Waals surface area (Å²) < 4.78 is 0. The molecule has 3 rings (SSSR count). The minimum absolute atomic E-state index is 0.335. The van der Waals surface area contributed by atoms with Crippen LogP contribution < -0.4 is 0 Å². The molecular formula is C20H30N2O. The van der Waals surface area contributed by atoms with Gasteiger partial charge in [0, 0.05) is 26.2 Å². The lowest BCUT2D eigenvalue weighted by Gasteiger charge is -2.33. The quantitative estimate of drug-likeness (QED) is 0.799. The Morgan fingerprint density at radius 3 is 2.30 bits per heavy atom.